The Balaban J connectivity index is 2.63. The Morgan fingerprint density at radius 3 is 2.04 bits per heavy atom. The second-order valence-electron chi connectivity index (χ2n) is 15.7. The van der Waals surface area contributed by atoms with Gasteiger partial charge in [-0.15, -0.1) is 0 Å². The van der Waals surface area contributed by atoms with E-state index in [1.54, 1.807) is 20.3 Å². The minimum atomic E-state index is -2.09. The van der Waals surface area contributed by atoms with Crippen molar-refractivity contribution >= 4 is 20.1 Å². The minimum absolute atomic E-state index is 0.0446. The number of rotatable bonds is 17. The molecule has 2 aliphatic heterocycles. The Hall–Kier alpha value is -1.64. The van der Waals surface area contributed by atoms with Crippen LogP contribution in [0.25, 0.3) is 0 Å². The van der Waals surface area contributed by atoms with Crippen LogP contribution < -0.4 is 0 Å². The van der Waals surface area contributed by atoms with Gasteiger partial charge in [0.05, 0.1) is 18.3 Å². The van der Waals surface area contributed by atoms with E-state index in [9.17, 15) is 9.59 Å². The van der Waals surface area contributed by atoms with E-state index in [1.807, 2.05) is 20.8 Å². The Morgan fingerprint density at radius 2 is 1.51 bits per heavy atom. The van der Waals surface area contributed by atoms with Crippen molar-refractivity contribution in [1.82, 2.24) is 0 Å². The highest BCUT2D eigenvalue weighted by Crippen LogP contribution is 2.43. The number of cyclic esters (lactones) is 1. The van der Waals surface area contributed by atoms with Gasteiger partial charge in [-0.1, -0.05) is 68.4 Å². The van der Waals surface area contributed by atoms with Crippen LogP contribution in [0.1, 0.15) is 101 Å². The van der Waals surface area contributed by atoms with Gasteiger partial charge in [-0.25, -0.2) is 4.79 Å². The predicted octanol–water partition coefficient (Wildman–Crippen LogP) is 7.52. The van der Waals surface area contributed by atoms with E-state index in [1.165, 1.54) is 14.2 Å². The Bertz CT molecular complexity index is 1110. The molecule has 11 nitrogen and oxygen atoms in total. The van der Waals surface area contributed by atoms with Gasteiger partial charge in [-0.2, -0.15) is 0 Å². The van der Waals surface area contributed by atoms with Gasteiger partial charge in [0, 0.05) is 72.2 Å². The first-order chi connectivity index (χ1) is 24.0. The van der Waals surface area contributed by atoms with Crippen molar-refractivity contribution in [2.45, 2.75) is 155 Å². The molecule has 1 saturated heterocycles. The van der Waals surface area contributed by atoms with Gasteiger partial charge >= 0.3 is 5.97 Å². The lowest BCUT2D eigenvalue weighted by molar-refractivity contribution is -0.187. The highest BCUT2D eigenvalue weighted by molar-refractivity contribution is 6.77. The molecule has 0 amide bonds. The second-order valence-corrected chi connectivity index (χ2v) is 21.1. The SMILES string of the molecule is CC[C@H](/C=C(/C)[C@@H]1C[C@@H](OC)C[C@H](OCOC)C(C)(C)C2=CC(=O)C[C@H](C[C@@H](OC)[C@H](OCOC)C(=O)O1)O2)CO[Si](C(C)C)(C(C)C)C(C)C. The van der Waals surface area contributed by atoms with E-state index in [4.69, 9.17) is 42.3 Å². The number of methoxy groups -OCH3 is 4. The molecule has 0 aromatic rings. The molecule has 0 aromatic carbocycles. The number of ketones is 1. The maximum absolute atomic E-state index is 14.1. The van der Waals surface area contributed by atoms with Crippen molar-refractivity contribution in [3.8, 4) is 0 Å². The molecular formula is C39H70O11Si. The second kappa shape index (κ2) is 21.3. The normalized spacial score (nSPS) is 27.6. The summed E-state index contributed by atoms with van der Waals surface area (Å²) in [5, 5.41) is 0. The number of esters is 1. The molecule has 2 bridgehead atoms. The van der Waals surface area contributed by atoms with E-state index in [2.05, 4.69) is 54.5 Å². The molecule has 296 valence electrons. The van der Waals surface area contributed by atoms with Crippen LogP contribution in [-0.4, -0.2) is 105 Å². The summed E-state index contributed by atoms with van der Waals surface area (Å²) in [6, 6.07) is 0. The molecule has 0 aliphatic carbocycles. The molecule has 51 heavy (non-hydrogen) atoms. The van der Waals surface area contributed by atoms with Gasteiger partial charge in [0.25, 0.3) is 0 Å². The largest absolute Gasteiger partial charge is 0.493 e. The molecule has 0 aromatic heterocycles. The molecule has 2 aliphatic rings. The van der Waals surface area contributed by atoms with E-state index in [-0.39, 0.29) is 38.1 Å². The fourth-order valence-electron chi connectivity index (χ4n) is 7.92. The molecular weight excluding hydrogens is 673 g/mol. The van der Waals surface area contributed by atoms with Gasteiger partial charge in [0.1, 0.15) is 31.6 Å². The number of hydrogen-bond donors (Lipinski definition) is 0. The zero-order chi connectivity index (χ0) is 38.5. The van der Waals surface area contributed by atoms with Gasteiger partial charge in [-0.3, -0.25) is 4.79 Å². The third-order valence-corrected chi connectivity index (χ3v) is 17.0. The minimum Gasteiger partial charge on any atom is -0.493 e. The highest BCUT2D eigenvalue weighted by Gasteiger charge is 2.46. The number of ether oxygens (including phenoxy) is 8. The molecule has 0 N–H and O–H groups in total. The molecule has 0 unspecified atom stereocenters. The summed E-state index contributed by atoms with van der Waals surface area (Å²) in [6.07, 6.45) is 1.76. The van der Waals surface area contributed by atoms with Gasteiger partial charge in [0.15, 0.2) is 20.2 Å². The maximum atomic E-state index is 14.1. The summed E-state index contributed by atoms with van der Waals surface area (Å²) in [4.78, 5) is 27.2. The summed E-state index contributed by atoms with van der Waals surface area (Å²) in [7, 11) is 4.12. The number of carbonyl (C=O) groups is 2. The lowest BCUT2D eigenvalue weighted by Crippen LogP contribution is -2.48. The third kappa shape index (κ3) is 12.2. The summed E-state index contributed by atoms with van der Waals surface area (Å²) in [5.74, 6) is -0.0480. The average molecular weight is 743 g/mol. The van der Waals surface area contributed by atoms with Crippen LogP contribution in [-0.2, 0) is 51.9 Å². The van der Waals surface area contributed by atoms with Crippen molar-refractivity contribution in [2.75, 3.05) is 48.6 Å². The molecule has 0 saturated carbocycles. The van der Waals surface area contributed by atoms with Crippen LogP contribution in [0.2, 0.25) is 16.6 Å². The molecule has 0 radical (unpaired) electrons. The van der Waals surface area contributed by atoms with Gasteiger partial charge in [-0.05, 0) is 41.5 Å². The predicted molar refractivity (Wildman–Crippen MR) is 200 cm³/mol. The fraction of sp³-hybridized carbons (Fsp3) is 0.846. The van der Waals surface area contributed by atoms with Crippen molar-refractivity contribution in [3.05, 3.63) is 23.5 Å². The van der Waals surface area contributed by atoms with Crippen LogP contribution in [0.3, 0.4) is 0 Å². The molecule has 2 rings (SSSR count). The first-order valence-electron chi connectivity index (χ1n) is 18.7. The maximum Gasteiger partial charge on any atom is 0.338 e. The van der Waals surface area contributed by atoms with Crippen LogP contribution in [0.5, 0.6) is 0 Å². The van der Waals surface area contributed by atoms with Crippen molar-refractivity contribution in [3.63, 3.8) is 0 Å². The monoisotopic (exact) mass is 742 g/mol. The van der Waals surface area contributed by atoms with Gasteiger partial charge < -0.3 is 42.3 Å². The standard InChI is InChI=1S/C39H70O11Si/c1-15-29(22-48-51(25(2)3,26(4)5)27(6)7)16-28(8)33-19-31(44-13)21-35(46-23-42-11)39(9,10)36-18-30(40)17-32(49-36)20-34(45-14)37(38(41)50-33)47-24-43-12/h16,18,25-27,29,31-35,37H,15,17,19-24H2,1-14H3/b28-16-/t29-,31-,32-,33+,34-,35+,37+/m1/s1. The number of allylic oxidation sites excluding steroid dienone is 1. The van der Waals surface area contributed by atoms with Crippen molar-refractivity contribution in [1.29, 1.82) is 0 Å². The van der Waals surface area contributed by atoms with Crippen LogP contribution in [0.15, 0.2) is 23.5 Å². The number of fused-ring (bicyclic) bond motifs is 2. The van der Waals surface area contributed by atoms with Crippen LogP contribution >= 0.6 is 0 Å². The van der Waals surface area contributed by atoms with Crippen molar-refractivity contribution in [2.24, 2.45) is 11.3 Å². The van der Waals surface area contributed by atoms with Gasteiger partial charge in [0.2, 0.25) is 0 Å². The van der Waals surface area contributed by atoms with Crippen LogP contribution in [0, 0.1) is 11.3 Å². The van der Waals surface area contributed by atoms with E-state index >= 15 is 0 Å². The zero-order valence-electron chi connectivity index (χ0n) is 34.1. The summed E-state index contributed by atoms with van der Waals surface area (Å²) >= 11 is 0. The molecule has 12 heteroatoms. The van der Waals surface area contributed by atoms with E-state index < -0.39 is 56.3 Å². The lowest BCUT2D eigenvalue weighted by Gasteiger charge is -2.43. The van der Waals surface area contributed by atoms with E-state index in [0.29, 0.717) is 41.8 Å². The first kappa shape index (κ1) is 45.5. The molecule has 7 atom stereocenters. The Labute approximate surface area is 309 Å². The topological polar surface area (TPSA) is 117 Å². The molecule has 2 heterocycles. The smallest absolute Gasteiger partial charge is 0.338 e. The Morgan fingerprint density at radius 1 is 0.902 bits per heavy atom. The number of carbonyl (C=O) groups excluding carboxylic acids is 2. The summed E-state index contributed by atoms with van der Waals surface area (Å²) in [5.41, 5.74) is 1.58. The van der Waals surface area contributed by atoms with Crippen molar-refractivity contribution < 1.29 is 51.9 Å². The zero-order valence-corrected chi connectivity index (χ0v) is 35.1. The molecule has 0 spiro atoms. The quantitative estimate of drug-likeness (QED) is 0.0638. The third-order valence-electron chi connectivity index (χ3n) is 10.9. The highest BCUT2D eigenvalue weighted by atomic mass is 28.4. The van der Waals surface area contributed by atoms with Crippen LogP contribution in [0.4, 0.5) is 0 Å². The molecule has 1 fully saturated rings. The fourth-order valence-corrected chi connectivity index (χ4v) is 13.4. The van der Waals surface area contributed by atoms with E-state index in [0.717, 1.165) is 12.0 Å². The lowest BCUT2D eigenvalue weighted by atomic mass is 9.79. The summed E-state index contributed by atoms with van der Waals surface area (Å²) < 4.78 is 54.4. The Kier molecular flexibility index (Phi) is 19.0. The first-order valence-corrected chi connectivity index (χ1v) is 20.9. The summed E-state index contributed by atoms with van der Waals surface area (Å²) in [6.45, 7) is 22.4. The average Bonchev–Trinajstić information content (AvgIpc) is 3.06. The number of hydrogen-bond acceptors (Lipinski definition) is 11.